The zero-order valence-electron chi connectivity index (χ0n) is 6.93. The monoisotopic (exact) mass is 157 g/mol. The van der Waals surface area contributed by atoms with Crippen molar-refractivity contribution in [2.75, 3.05) is 13.2 Å². The van der Waals surface area contributed by atoms with Crippen LogP contribution in [0.1, 0.15) is 26.2 Å². The van der Waals surface area contributed by atoms with Gasteiger partial charge in [-0.25, -0.2) is 4.79 Å². The Morgan fingerprint density at radius 1 is 1.64 bits per heavy atom. The van der Waals surface area contributed by atoms with Crippen molar-refractivity contribution in [2.45, 2.75) is 26.2 Å². The van der Waals surface area contributed by atoms with E-state index < -0.39 is 0 Å². The molecule has 0 heterocycles. The topological polar surface area (TPSA) is 38.3 Å². The van der Waals surface area contributed by atoms with Crippen LogP contribution in [0, 0.1) is 5.92 Å². The number of hydrogen-bond donors (Lipinski definition) is 1. The number of amides is 1. The van der Waals surface area contributed by atoms with E-state index in [0.29, 0.717) is 6.61 Å². The van der Waals surface area contributed by atoms with Gasteiger partial charge in [0, 0.05) is 6.54 Å². The van der Waals surface area contributed by atoms with Crippen molar-refractivity contribution in [2.24, 2.45) is 5.92 Å². The zero-order valence-corrected chi connectivity index (χ0v) is 6.93. The SMILES string of the molecule is CCCOC(=O)NCC1CC1. The van der Waals surface area contributed by atoms with Crippen LogP contribution in [0.5, 0.6) is 0 Å². The van der Waals surface area contributed by atoms with E-state index in [1.165, 1.54) is 12.8 Å². The van der Waals surface area contributed by atoms with Gasteiger partial charge in [-0.2, -0.15) is 0 Å². The van der Waals surface area contributed by atoms with Gasteiger partial charge >= 0.3 is 6.09 Å². The lowest BCUT2D eigenvalue weighted by molar-refractivity contribution is 0.146. The highest BCUT2D eigenvalue weighted by Gasteiger charge is 2.21. The van der Waals surface area contributed by atoms with Gasteiger partial charge in [0.05, 0.1) is 6.61 Å². The molecule has 0 aromatic carbocycles. The van der Waals surface area contributed by atoms with Gasteiger partial charge in [0.1, 0.15) is 0 Å². The Labute approximate surface area is 67.1 Å². The van der Waals surface area contributed by atoms with Crippen LogP contribution in [0.3, 0.4) is 0 Å². The summed E-state index contributed by atoms with van der Waals surface area (Å²) in [5, 5.41) is 2.72. The highest BCUT2D eigenvalue weighted by atomic mass is 16.5. The molecule has 1 rings (SSSR count). The van der Waals surface area contributed by atoms with E-state index in [2.05, 4.69) is 5.32 Å². The first-order valence-corrected chi connectivity index (χ1v) is 4.23. The molecule has 3 heteroatoms. The molecule has 0 spiro atoms. The number of carbonyl (C=O) groups excluding carboxylic acids is 1. The normalized spacial score (nSPS) is 16.1. The standard InChI is InChI=1S/C8H15NO2/c1-2-5-11-8(10)9-6-7-3-4-7/h7H,2-6H2,1H3,(H,9,10). The fourth-order valence-corrected chi connectivity index (χ4v) is 0.795. The van der Waals surface area contributed by atoms with E-state index in [9.17, 15) is 4.79 Å². The van der Waals surface area contributed by atoms with Crippen LogP contribution in [-0.4, -0.2) is 19.2 Å². The molecule has 1 aliphatic rings. The van der Waals surface area contributed by atoms with Crippen LogP contribution in [0.4, 0.5) is 4.79 Å². The van der Waals surface area contributed by atoms with Crippen molar-refractivity contribution in [1.82, 2.24) is 5.32 Å². The molecule has 0 saturated heterocycles. The highest BCUT2D eigenvalue weighted by Crippen LogP contribution is 2.27. The van der Waals surface area contributed by atoms with E-state index in [-0.39, 0.29) is 6.09 Å². The second-order valence-corrected chi connectivity index (χ2v) is 2.96. The summed E-state index contributed by atoms with van der Waals surface area (Å²) < 4.78 is 4.82. The van der Waals surface area contributed by atoms with Gasteiger partial charge in [-0.05, 0) is 25.2 Å². The molecule has 1 saturated carbocycles. The van der Waals surface area contributed by atoms with Crippen molar-refractivity contribution in [3.63, 3.8) is 0 Å². The van der Waals surface area contributed by atoms with Crippen LogP contribution in [-0.2, 0) is 4.74 Å². The fourth-order valence-electron chi connectivity index (χ4n) is 0.795. The van der Waals surface area contributed by atoms with Crippen LogP contribution in [0.2, 0.25) is 0 Å². The lowest BCUT2D eigenvalue weighted by Gasteiger charge is -2.03. The van der Waals surface area contributed by atoms with Crippen molar-refractivity contribution in [3.05, 3.63) is 0 Å². The first-order chi connectivity index (χ1) is 5.33. The Morgan fingerprint density at radius 2 is 2.36 bits per heavy atom. The number of rotatable bonds is 4. The molecule has 11 heavy (non-hydrogen) atoms. The fraction of sp³-hybridized carbons (Fsp3) is 0.875. The summed E-state index contributed by atoms with van der Waals surface area (Å²) in [6.45, 7) is 3.30. The van der Waals surface area contributed by atoms with E-state index in [0.717, 1.165) is 18.9 Å². The predicted molar refractivity (Wildman–Crippen MR) is 42.4 cm³/mol. The van der Waals surface area contributed by atoms with Gasteiger partial charge in [0.2, 0.25) is 0 Å². The maximum absolute atomic E-state index is 10.8. The summed E-state index contributed by atoms with van der Waals surface area (Å²) in [6.07, 6.45) is 3.14. The summed E-state index contributed by atoms with van der Waals surface area (Å²) in [5.74, 6) is 0.726. The van der Waals surface area contributed by atoms with Crippen molar-refractivity contribution >= 4 is 6.09 Å². The first kappa shape index (κ1) is 8.37. The van der Waals surface area contributed by atoms with E-state index in [1.807, 2.05) is 6.92 Å². The average Bonchev–Trinajstić information content (AvgIpc) is 2.80. The first-order valence-electron chi connectivity index (χ1n) is 4.23. The number of carbonyl (C=O) groups is 1. The molecule has 0 aliphatic heterocycles. The van der Waals surface area contributed by atoms with Crippen LogP contribution in [0.15, 0.2) is 0 Å². The maximum Gasteiger partial charge on any atom is 0.407 e. The third-order valence-corrected chi connectivity index (χ3v) is 1.67. The summed E-state index contributed by atoms with van der Waals surface area (Å²) in [4.78, 5) is 10.8. The summed E-state index contributed by atoms with van der Waals surface area (Å²) >= 11 is 0. The molecule has 1 aliphatic carbocycles. The average molecular weight is 157 g/mol. The predicted octanol–water partition coefficient (Wildman–Crippen LogP) is 1.53. The molecule has 3 nitrogen and oxygen atoms in total. The Morgan fingerprint density at radius 3 is 2.91 bits per heavy atom. The van der Waals surface area contributed by atoms with Gasteiger partial charge < -0.3 is 10.1 Å². The minimum absolute atomic E-state index is 0.265. The van der Waals surface area contributed by atoms with Gasteiger partial charge in [-0.3, -0.25) is 0 Å². The largest absolute Gasteiger partial charge is 0.450 e. The molecule has 1 amide bonds. The second kappa shape index (κ2) is 4.21. The molecule has 0 aromatic rings. The lowest BCUT2D eigenvalue weighted by atomic mass is 10.4. The molecule has 1 N–H and O–H groups in total. The number of nitrogens with one attached hydrogen (secondary N) is 1. The van der Waals surface area contributed by atoms with Crippen LogP contribution < -0.4 is 5.32 Å². The van der Waals surface area contributed by atoms with E-state index in [4.69, 9.17) is 4.74 Å². The minimum Gasteiger partial charge on any atom is -0.450 e. The molecule has 0 aromatic heterocycles. The smallest absolute Gasteiger partial charge is 0.407 e. The quantitative estimate of drug-likeness (QED) is 0.672. The number of ether oxygens (including phenoxy) is 1. The maximum atomic E-state index is 10.8. The third kappa shape index (κ3) is 3.86. The number of alkyl carbamates (subject to hydrolysis) is 1. The molecular weight excluding hydrogens is 142 g/mol. The highest BCUT2D eigenvalue weighted by molar-refractivity contribution is 5.67. The molecule has 0 radical (unpaired) electrons. The van der Waals surface area contributed by atoms with Crippen LogP contribution >= 0.6 is 0 Å². The summed E-state index contributed by atoms with van der Waals surface area (Å²) in [6, 6.07) is 0. The van der Waals surface area contributed by atoms with E-state index >= 15 is 0 Å². The summed E-state index contributed by atoms with van der Waals surface area (Å²) in [5.41, 5.74) is 0. The minimum atomic E-state index is -0.265. The lowest BCUT2D eigenvalue weighted by Crippen LogP contribution is -2.26. The molecule has 0 atom stereocenters. The molecule has 64 valence electrons. The molecule has 0 unspecified atom stereocenters. The third-order valence-electron chi connectivity index (χ3n) is 1.67. The van der Waals surface area contributed by atoms with Gasteiger partial charge in [0.15, 0.2) is 0 Å². The van der Waals surface area contributed by atoms with Gasteiger partial charge in [-0.15, -0.1) is 0 Å². The van der Waals surface area contributed by atoms with Crippen LogP contribution in [0.25, 0.3) is 0 Å². The zero-order chi connectivity index (χ0) is 8.10. The van der Waals surface area contributed by atoms with Gasteiger partial charge in [-0.1, -0.05) is 6.92 Å². The second-order valence-electron chi connectivity index (χ2n) is 2.96. The Kier molecular flexibility index (Phi) is 3.20. The molecule has 0 bridgehead atoms. The Balaban J connectivity index is 1.91. The molecule has 1 fully saturated rings. The molecular formula is C8H15NO2. The summed E-state index contributed by atoms with van der Waals surface area (Å²) in [7, 11) is 0. The van der Waals surface area contributed by atoms with Gasteiger partial charge in [0.25, 0.3) is 0 Å². The van der Waals surface area contributed by atoms with Crippen molar-refractivity contribution in [1.29, 1.82) is 0 Å². The number of hydrogen-bond acceptors (Lipinski definition) is 2. The Bertz CT molecular complexity index is 132. The van der Waals surface area contributed by atoms with Crippen molar-refractivity contribution in [3.8, 4) is 0 Å². The van der Waals surface area contributed by atoms with Crippen molar-refractivity contribution < 1.29 is 9.53 Å². The Hall–Kier alpha value is -0.730. The van der Waals surface area contributed by atoms with E-state index in [1.54, 1.807) is 0 Å².